The Bertz CT molecular complexity index is 383. The minimum Gasteiger partial charge on any atom is -0.353 e. The van der Waals surface area contributed by atoms with Crippen LogP contribution in [0.15, 0.2) is 17.1 Å². The summed E-state index contributed by atoms with van der Waals surface area (Å²) in [5, 5.41) is 6.75. The van der Waals surface area contributed by atoms with Crippen LogP contribution in [0.1, 0.15) is 23.1 Å². The molecule has 1 saturated carbocycles. The van der Waals surface area contributed by atoms with Crippen LogP contribution in [0.4, 0.5) is 0 Å². The molecule has 0 radical (unpaired) electrons. The largest absolute Gasteiger partial charge is 0.353 e. The number of guanidine groups is 1. The molecule has 1 aromatic heterocycles. The lowest BCUT2D eigenvalue weighted by atomic mass is 10.4. The molecule has 3 nitrogen and oxygen atoms in total. The number of hydrogen-bond acceptors (Lipinski definition) is 2. The van der Waals surface area contributed by atoms with Crippen LogP contribution in [-0.4, -0.2) is 19.0 Å². The Morgan fingerprint density at radius 1 is 1.56 bits per heavy atom. The van der Waals surface area contributed by atoms with Gasteiger partial charge >= 0.3 is 0 Å². The molecule has 2 N–H and O–H groups in total. The minimum absolute atomic E-state index is 0.622. The van der Waals surface area contributed by atoms with Crippen molar-refractivity contribution in [1.82, 2.24) is 10.6 Å². The lowest BCUT2D eigenvalue weighted by molar-refractivity contribution is 0.766. The van der Waals surface area contributed by atoms with Gasteiger partial charge < -0.3 is 10.6 Å². The summed E-state index contributed by atoms with van der Waals surface area (Å²) in [4.78, 5) is 6.93. The number of aliphatic imine (C=N–C) groups is 1. The van der Waals surface area contributed by atoms with Gasteiger partial charge in [-0.3, -0.25) is 4.99 Å². The Balaban J connectivity index is 1.79. The first-order valence-electron chi connectivity index (χ1n) is 5.71. The highest BCUT2D eigenvalue weighted by molar-refractivity contribution is 7.11. The average molecular weight is 237 g/mol. The second kappa shape index (κ2) is 4.87. The van der Waals surface area contributed by atoms with E-state index in [0.717, 1.165) is 18.4 Å². The zero-order chi connectivity index (χ0) is 11.5. The van der Waals surface area contributed by atoms with E-state index in [4.69, 9.17) is 0 Å². The van der Waals surface area contributed by atoms with Gasteiger partial charge in [0.05, 0.1) is 6.54 Å². The highest BCUT2D eigenvalue weighted by Gasteiger charge is 2.33. The number of nitrogens with one attached hydrogen (secondary N) is 2. The Labute approximate surface area is 101 Å². The maximum absolute atomic E-state index is 4.22. The van der Waals surface area contributed by atoms with Crippen molar-refractivity contribution >= 4 is 17.3 Å². The molecule has 4 heteroatoms. The van der Waals surface area contributed by atoms with Crippen LogP contribution >= 0.6 is 11.3 Å². The van der Waals surface area contributed by atoms with E-state index in [1.165, 1.54) is 16.2 Å². The van der Waals surface area contributed by atoms with Crippen LogP contribution in [-0.2, 0) is 6.54 Å². The number of nitrogens with zero attached hydrogens (tertiary/aromatic N) is 1. The maximum Gasteiger partial charge on any atom is 0.191 e. The van der Waals surface area contributed by atoms with Crippen molar-refractivity contribution in [3.8, 4) is 0 Å². The van der Waals surface area contributed by atoms with E-state index in [-0.39, 0.29) is 0 Å². The van der Waals surface area contributed by atoms with E-state index >= 15 is 0 Å². The molecule has 1 fully saturated rings. The summed E-state index contributed by atoms with van der Waals surface area (Å²) in [6.07, 6.45) is 1.26. The highest BCUT2D eigenvalue weighted by atomic mass is 32.1. The molecule has 2 rings (SSSR count). The molecule has 1 heterocycles. The van der Waals surface area contributed by atoms with E-state index in [0.29, 0.717) is 6.04 Å². The molecule has 0 aliphatic heterocycles. The van der Waals surface area contributed by atoms with Crippen LogP contribution in [0, 0.1) is 12.8 Å². The van der Waals surface area contributed by atoms with Crippen molar-refractivity contribution in [2.45, 2.75) is 32.9 Å². The third kappa shape index (κ3) is 2.98. The smallest absolute Gasteiger partial charge is 0.191 e. The van der Waals surface area contributed by atoms with Gasteiger partial charge in [0.15, 0.2) is 5.96 Å². The molecule has 0 spiro atoms. The standard InChI is InChI=1S/C12H19N3S/c1-8-6-11(8)15-12(13-3)14-7-10-5-4-9(2)16-10/h4-5,8,11H,6-7H2,1-3H3,(H2,13,14,15). The summed E-state index contributed by atoms with van der Waals surface area (Å²) in [5.41, 5.74) is 0. The van der Waals surface area contributed by atoms with Crippen molar-refractivity contribution in [2.24, 2.45) is 10.9 Å². The topological polar surface area (TPSA) is 36.4 Å². The molecule has 88 valence electrons. The van der Waals surface area contributed by atoms with Crippen LogP contribution in [0.2, 0.25) is 0 Å². The van der Waals surface area contributed by atoms with E-state index in [2.05, 4.69) is 41.6 Å². The van der Waals surface area contributed by atoms with Crippen molar-refractivity contribution < 1.29 is 0 Å². The van der Waals surface area contributed by atoms with E-state index in [1.54, 1.807) is 0 Å². The Hall–Kier alpha value is -1.03. The Morgan fingerprint density at radius 2 is 2.31 bits per heavy atom. The molecule has 0 aromatic carbocycles. The molecule has 0 saturated heterocycles. The summed E-state index contributed by atoms with van der Waals surface area (Å²) >= 11 is 1.83. The molecule has 16 heavy (non-hydrogen) atoms. The number of thiophene rings is 1. The molecular formula is C12H19N3S. The number of rotatable bonds is 3. The highest BCUT2D eigenvalue weighted by Crippen LogP contribution is 2.28. The second-order valence-electron chi connectivity index (χ2n) is 4.40. The maximum atomic E-state index is 4.22. The van der Waals surface area contributed by atoms with Crippen molar-refractivity contribution in [2.75, 3.05) is 7.05 Å². The molecule has 2 unspecified atom stereocenters. The lowest BCUT2D eigenvalue weighted by Crippen LogP contribution is -2.38. The van der Waals surface area contributed by atoms with Crippen LogP contribution in [0.25, 0.3) is 0 Å². The predicted molar refractivity (Wildman–Crippen MR) is 70.0 cm³/mol. The summed E-state index contributed by atoms with van der Waals surface area (Å²) in [6.45, 7) is 5.25. The normalized spacial score (nSPS) is 24.3. The monoisotopic (exact) mass is 237 g/mol. The first-order valence-corrected chi connectivity index (χ1v) is 6.53. The molecular weight excluding hydrogens is 218 g/mol. The fourth-order valence-corrected chi connectivity index (χ4v) is 2.47. The summed E-state index contributed by atoms with van der Waals surface area (Å²) in [5.74, 6) is 1.71. The predicted octanol–water partition coefficient (Wildman–Crippen LogP) is 2.13. The Morgan fingerprint density at radius 3 is 2.81 bits per heavy atom. The summed E-state index contributed by atoms with van der Waals surface area (Å²) in [6, 6.07) is 4.94. The second-order valence-corrected chi connectivity index (χ2v) is 5.77. The van der Waals surface area contributed by atoms with Crippen LogP contribution in [0.3, 0.4) is 0 Å². The molecule has 1 aliphatic carbocycles. The van der Waals surface area contributed by atoms with Gasteiger partial charge in [0.2, 0.25) is 0 Å². The first kappa shape index (κ1) is 11.5. The van der Waals surface area contributed by atoms with Gasteiger partial charge in [0.25, 0.3) is 0 Å². The van der Waals surface area contributed by atoms with Crippen LogP contribution < -0.4 is 10.6 Å². The van der Waals surface area contributed by atoms with Gasteiger partial charge in [-0.15, -0.1) is 11.3 Å². The van der Waals surface area contributed by atoms with Gasteiger partial charge in [0, 0.05) is 22.8 Å². The average Bonchev–Trinajstić information content (AvgIpc) is 2.78. The minimum atomic E-state index is 0.622. The van der Waals surface area contributed by atoms with Gasteiger partial charge in [-0.05, 0) is 31.4 Å². The molecule has 1 aromatic rings. The molecule has 0 amide bonds. The zero-order valence-electron chi connectivity index (χ0n) is 10.1. The van der Waals surface area contributed by atoms with Gasteiger partial charge in [-0.25, -0.2) is 0 Å². The van der Waals surface area contributed by atoms with Crippen LogP contribution in [0.5, 0.6) is 0 Å². The fraction of sp³-hybridized carbons (Fsp3) is 0.583. The van der Waals surface area contributed by atoms with E-state index in [1.807, 2.05) is 18.4 Å². The first-order chi connectivity index (χ1) is 7.69. The number of hydrogen-bond donors (Lipinski definition) is 2. The Kier molecular flexibility index (Phi) is 3.49. The lowest BCUT2D eigenvalue weighted by Gasteiger charge is -2.10. The summed E-state index contributed by atoms with van der Waals surface area (Å²) < 4.78 is 0. The van der Waals surface area contributed by atoms with Crippen molar-refractivity contribution in [3.05, 3.63) is 21.9 Å². The third-order valence-electron chi connectivity index (χ3n) is 2.88. The fourth-order valence-electron chi connectivity index (χ4n) is 1.64. The quantitative estimate of drug-likeness (QED) is 0.624. The van der Waals surface area contributed by atoms with Gasteiger partial charge in [-0.1, -0.05) is 6.92 Å². The van der Waals surface area contributed by atoms with Crippen molar-refractivity contribution in [1.29, 1.82) is 0 Å². The summed E-state index contributed by atoms with van der Waals surface area (Å²) in [7, 11) is 1.82. The van der Waals surface area contributed by atoms with E-state index < -0.39 is 0 Å². The SMILES string of the molecule is CN=C(NCc1ccc(C)s1)NC1CC1C. The van der Waals surface area contributed by atoms with E-state index in [9.17, 15) is 0 Å². The molecule has 2 atom stereocenters. The zero-order valence-corrected chi connectivity index (χ0v) is 10.9. The molecule has 1 aliphatic rings. The van der Waals surface area contributed by atoms with Crippen molar-refractivity contribution in [3.63, 3.8) is 0 Å². The number of aryl methyl sites for hydroxylation is 1. The van der Waals surface area contributed by atoms with Gasteiger partial charge in [-0.2, -0.15) is 0 Å². The van der Waals surface area contributed by atoms with Gasteiger partial charge in [0.1, 0.15) is 0 Å². The molecule has 0 bridgehead atoms. The third-order valence-corrected chi connectivity index (χ3v) is 3.88.